The van der Waals surface area contributed by atoms with Crippen molar-refractivity contribution >= 4 is 23.1 Å². The number of carbonyl (C=O) groups is 1. The van der Waals surface area contributed by atoms with E-state index >= 15 is 0 Å². The average Bonchev–Trinajstić information content (AvgIpc) is 2.76. The molecule has 0 radical (unpaired) electrons. The van der Waals surface area contributed by atoms with Gasteiger partial charge in [-0.05, 0) is 18.2 Å². The number of nitrogens with zero attached hydrogens (tertiary/aromatic N) is 2. The van der Waals surface area contributed by atoms with E-state index in [-0.39, 0.29) is 17.2 Å². The number of amides is 1. The second kappa shape index (κ2) is 5.84. The number of carbonyl (C=O) groups excluding carboxylic acids is 1. The number of hydrogen-bond acceptors (Lipinski definition) is 4. The maximum absolute atomic E-state index is 12.6. The molecule has 1 amide bonds. The van der Waals surface area contributed by atoms with Crippen LogP contribution in [0.2, 0.25) is 0 Å². The van der Waals surface area contributed by atoms with Crippen LogP contribution in [0, 0.1) is 0 Å². The van der Waals surface area contributed by atoms with Gasteiger partial charge in [-0.3, -0.25) is 19.8 Å². The van der Waals surface area contributed by atoms with Gasteiger partial charge in [0.05, 0.1) is 11.3 Å². The summed E-state index contributed by atoms with van der Waals surface area (Å²) >= 11 is 0. The lowest BCUT2D eigenvalue weighted by Crippen LogP contribution is -2.06. The summed E-state index contributed by atoms with van der Waals surface area (Å²) in [6.45, 7) is 1.22. The van der Waals surface area contributed by atoms with E-state index in [1.807, 2.05) is 0 Å². The molecule has 1 aromatic heterocycles. The Labute approximate surface area is 121 Å². The number of azo groups is 1. The maximum Gasteiger partial charge on any atom is 0.416 e. The molecule has 0 atom stereocenters. The minimum absolute atomic E-state index is 0.0202. The van der Waals surface area contributed by atoms with Crippen molar-refractivity contribution in [3.63, 3.8) is 0 Å². The number of halogens is 3. The molecule has 2 rings (SSSR count). The van der Waals surface area contributed by atoms with E-state index in [4.69, 9.17) is 0 Å². The van der Waals surface area contributed by atoms with Gasteiger partial charge in [-0.2, -0.15) is 18.3 Å². The molecule has 0 aliphatic rings. The molecular weight excluding hydrogens is 303 g/mol. The van der Waals surface area contributed by atoms with Gasteiger partial charge in [-0.25, -0.2) is 0 Å². The lowest BCUT2D eigenvalue weighted by Gasteiger charge is -2.05. The topological polar surface area (TPSA) is 102 Å². The number of nitrogens with one attached hydrogen (secondary N) is 3. The van der Waals surface area contributed by atoms with E-state index in [1.54, 1.807) is 0 Å². The van der Waals surface area contributed by atoms with Crippen molar-refractivity contribution in [2.75, 3.05) is 5.32 Å². The van der Waals surface area contributed by atoms with Gasteiger partial charge in [0.25, 0.3) is 5.56 Å². The van der Waals surface area contributed by atoms with Crippen molar-refractivity contribution in [1.29, 1.82) is 0 Å². The van der Waals surface area contributed by atoms with Crippen molar-refractivity contribution < 1.29 is 18.0 Å². The maximum atomic E-state index is 12.6. The van der Waals surface area contributed by atoms with Crippen molar-refractivity contribution in [1.82, 2.24) is 10.2 Å². The van der Waals surface area contributed by atoms with E-state index in [0.29, 0.717) is 0 Å². The zero-order valence-corrected chi connectivity index (χ0v) is 11.2. The lowest BCUT2D eigenvalue weighted by molar-refractivity contribution is -0.137. The smallest absolute Gasteiger partial charge is 0.309 e. The predicted molar refractivity (Wildman–Crippen MR) is 71.3 cm³/mol. The van der Waals surface area contributed by atoms with E-state index in [2.05, 4.69) is 25.7 Å². The standard InChI is InChI=1S/C12H10F3N5O2/c1-6(21)16-10-9(11(22)20-19-10)18-17-8-4-2-3-7(5-8)12(13,14)15/h2-5H,1H3,(H3,16,19,20,21,22). The fraction of sp³-hybridized carbons (Fsp3) is 0.167. The Morgan fingerprint density at radius 1 is 1.23 bits per heavy atom. The van der Waals surface area contributed by atoms with Gasteiger partial charge in [0.2, 0.25) is 5.91 Å². The van der Waals surface area contributed by atoms with Gasteiger partial charge in [0.15, 0.2) is 11.5 Å². The minimum atomic E-state index is -4.50. The summed E-state index contributed by atoms with van der Waals surface area (Å²) in [5.74, 6) is -0.473. The molecule has 0 aliphatic heterocycles. The predicted octanol–water partition coefficient (Wildman–Crippen LogP) is 3.10. The van der Waals surface area contributed by atoms with Crippen LogP contribution in [-0.2, 0) is 11.0 Å². The normalized spacial score (nSPS) is 11.8. The van der Waals surface area contributed by atoms with E-state index in [0.717, 1.165) is 12.1 Å². The van der Waals surface area contributed by atoms with Gasteiger partial charge in [0.1, 0.15) is 0 Å². The molecule has 0 unspecified atom stereocenters. The summed E-state index contributed by atoms with van der Waals surface area (Å²) in [5.41, 5.74) is -1.87. The Kier molecular flexibility index (Phi) is 4.11. The molecule has 0 saturated heterocycles. The molecule has 0 fully saturated rings. The van der Waals surface area contributed by atoms with Gasteiger partial charge in [-0.15, -0.1) is 5.11 Å². The highest BCUT2D eigenvalue weighted by Gasteiger charge is 2.30. The molecule has 10 heteroatoms. The Morgan fingerprint density at radius 2 is 1.95 bits per heavy atom. The molecule has 0 aliphatic carbocycles. The highest BCUT2D eigenvalue weighted by molar-refractivity contribution is 5.90. The minimum Gasteiger partial charge on any atom is -0.309 e. The zero-order chi connectivity index (χ0) is 16.3. The summed E-state index contributed by atoms with van der Waals surface area (Å²) in [6, 6.07) is 4.16. The third-order valence-electron chi connectivity index (χ3n) is 2.49. The number of aromatic nitrogens is 2. The van der Waals surface area contributed by atoms with Crippen LogP contribution in [0.25, 0.3) is 0 Å². The summed E-state index contributed by atoms with van der Waals surface area (Å²) in [6.07, 6.45) is -4.50. The molecule has 1 heterocycles. The third-order valence-corrected chi connectivity index (χ3v) is 2.49. The molecule has 7 nitrogen and oxygen atoms in total. The Hall–Kier alpha value is -2.91. The summed E-state index contributed by atoms with van der Waals surface area (Å²) < 4.78 is 37.7. The number of anilines is 1. The summed E-state index contributed by atoms with van der Waals surface area (Å²) in [4.78, 5) is 22.5. The van der Waals surface area contributed by atoms with Crippen molar-refractivity contribution in [2.24, 2.45) is 10.2 Å². The van der Waals surface area contributed by atoms with Crippen LogP contribution in [0.4, 0.5) is 30.4 Å². The number of rotatable bonds is 3. The zero-order valence-electron chi connectivity index (χ0n) is 11.2. The first kappa shape index (κ1) is 15.5. The van der Waals surface area contributed by atoms with E-state index in [1.165, 1.54) is 19.1 Å². The fourth-order valence-electron chi connectivity index (χ4n) is 1.57. The molecule has 0 saturated carbocycles. The largest absolute Gasteiger partial charge is 0.416 e. The molecular formula is C12H10F3N5O2. The van der Waals surface area contributed by atoms with Crippen LogP contribution >= 0.6 is 0 Å². The molecule has 3 N–H and O–H groups in total. The highest BCUT2D eigenvalue weighted by Crippen LogP contribution is 2.31. The van der Waals surface area contributed by atoms with E-state index in [9.17, 15) is 22.8 Å². The first-order valence-corrected chi connectivity index (χ1v) is 5.94. The first-order valence-electron chi connectivity index (χ1n) is 5.94. The van der Waals surface area contributed by atoms with Crippen LogP contribution in [0.5, 0.6) is 0 Å². The van der Waals surface area contributed by atoms with Crippen LogP contribution < -0.4 is 10.9 Å². The van der Waals surface area contributed by atoms with Gasteiger partial charge in [-0.1, -0.05) is 6.07 Å². The van der Waals surface area contributed by atoms with Crippen molar-refractivity contribution in [3.05, 3.63) is 40.2 Å². The van der Waals surface area contributed by atoms with Crippen LogP contribution in [0.15, 0.2) is 39.3 Å². The number of alkyl halides is 3. The van der Waals surface area contributed by atoms with Crippen LogP contribution in [0.3, 0.4) is 0 Å². The molecule has 2 aromatic rings. The molecule has 1 aromatic carbocycles. The quantitative estimate of drug-likeness (QED) is 0.758. The Bertz CT molecular complexity index is 776. The second-order valence-corrected chi connectivity index (χ2v) is 4.23. The van der Waals surface area contributed by atoms with Gasteiger partial charge in [0, 0.05) is 6.92 Å². The molecule has 22 heavy (non-hydrogen) atoms. The fourth-order valence-corrected chi connectivity index (χ4v) is 1.57. The van der Waals surface area contributed by atoms with Gasteiger partial charge >= 0.3 is 6.18 Å². The lowest BCUT2D eigenvalue weighted by atomic mass is 10.2. The Morgan fingerprint density at radius 3 is 2.59 bits per heavy atom. The number of H-pyrrole nitrogens is 2. The van der Waals surface area contributed by atoms with Crippen molar-refractivity contribution in [3.8, 4) is 0 Å². The average molecular weight is 313 g/mol. The Balaban J connectivity index is 2.32. The van der Waals surface area contributed by atoms with Gasteiger partial charge < -0.3 is 5.32 Å². The number of benzene rings is 1. The monoisotopic (exact) mass is 313 g/mol. The highest BCUT2D eigenvalue weighted by atomic mass is 19.4. The first-order chi connectivity index (χ1) is 10.3. The number of hydrogen-bond donors (Lipinski definition) is 3. The van der Waals surface area contributed by atoms with Crippen molar-refractivity contribution in [2.45, 2.75) is 13.1 Å². The number of aromatic amines is 2. The molecule has 0 bridgehead atoms. The summed E-state index contributed by atoms with van der Waals surface area (Å²) in [7, 11) is 0. The van der Waals surface area contributed by atoms with Crippen LogP contribution in [-0.4, -0.2) is 16.1 Å². The molecule has 0 spiro atoms. The third kappa shape index (κ3) is 3.59. The van der Waals surface area contributed by atoms with Crippen LogP contribution in [0.1, 0.15) is 12.5 Å². The van der Waals surface area contributed by atoms with E-state index < -0.39 is 23.2 Å². The summed E-state index contributed by atoms with van der Waals surface area (Å²) in [5, 5.41) is 14.0. The SMILES string of the molecule is CC(=O)Nc1[nH][nH]c(=O)c1N=Nc1cccc(C(F)(F)F)c1. The second-order valence-electron chi connectivity index (χ2n) is 4.23. The molecule has 116 valence electrons.